The van der Waals surface area contributed by atoms with Gasteiger partial charge in [-0.1, -0.05) is 62.4 Å². The summed E-state index contributed by atoms with van der Waals surface area (Å²) in [5, 5.41) is 9.02. The fraction of sp³-hybridized carbons (Fsp3) is 0.519. The molecule has 5 nitrogen and oxygen atoms in total. The van der Waals surface area contributed by atoms with Crippen LogP contribution >= 0.6 is 0 Å². The number of rotatable bonds is 10. The van der Waals surface area contributed by atoms with Crippen LogP contribution in [0.3, 0.4) is 0 Å². The van der Waals surface area contributed by atoms with E-state index < -0.39 is 6.61 Å². The van der Waals surface area contributed by atoms with Crippen LogP contribution in [0.2, 0.25) is 0 Å². The molecule has 174 valence electrons. The number of piperazine rings is 1. The number of hydrogen-bond acceptors (Lipinski definition) is 5. The van der Waals surface area contributed by atoms with Crippen LogP contribution in [0.4, 0.5) is 0 Å². The van der Waals surface area contributed by atoms with Crippen molar-refractivity contribution in [1.82, 2.24) is 14.7 Å². The van der Waals surface area contributed by atoms with Crippen LogP contribution < -0.4 is 0 Å². The van der Waals surface area contributed by atoms with Crippen molar-refractivity contribution in [3.05, 3.63) is 70.8 Å². The zero-order chi connectivity index (χ0) is 23.1. The van der Waals surface area contributed by atoms with Gasteiger partial charge in [0.25, 0.3) is 0 Å². The number of carbonyl (C=O) groups excluding carboxylic acids is 1. The standard InChI is InChI=1S/C27H39N3O2/c1-5-28(6-2)18-24-8-7-9-25(14-24)19-30-21(3)15-29(16-22(30)4)17-23-10-12-26(13-11-23)27(32)20-31/h7-14,21-22,31H,5-6,15-20H2,1-4H3/t21-,22+. The molecule has 1 N–H and O–H groups in total. The van der Waals surface area contributed by atoms with E-state index in [1.165, 1.54) is 16.7 Å². The maximum Gasteiger partial charge on any atom is 0.188 e. The summed E-state index contributed by atoms with van der Waals surface area (Å²) >= 11 is 0. The van der Waals surface area contributed by atoms with Crippen molar-refractivity contribution in [3.8, 4) is 0 Å². The van der Waals surface area contributed by atoms with Gasteiger partial charge in [-0.15, -0.1) is 0 Å². The first-order valence-corrected chi connectivity index (χ1v) is 11.9. The summed E-state index contributed by atoms with van der Waals surface area (Å²) in [5.41, 5.74) is 4.57. The molecule has 0 aliphatic carbocycles. The second-order valence-electron chi connectivity index (χ2n) is 9.12. The molecule has 0 unspecified atom stereocenters. The predicted molar refractivity (Wildman–Crippen MR) is 131 cm³/mol. The van der Waals surface area contributed by atoms with E-state index in [1.807, 2.05) is 24.3 Å². The molecule has 2 aromatic rings. The third-order valence-electron chi connectivity index (χ3n) is 6.66. The SMILES string of the molecule is CCN(CC)Cc1cccc(CN2[C@H](C)CN(Cc3ccc(C(=O)CO)cc3)C[C@@H]2C)c1. The molecule has 3 rings (SSSR count). The topological polar surface area (TPSA) is 47.0 Å². The van der Waals surface area contributed by atoms with E-state index in [2.05, 4.69) is 66.7 Å². The Morgan fingerprint density at radius 2 is 1.56 bits per heavy atom. The predicted octanol–water partition coefficient (Wildman–Crippen LogP) is 3.80. The molecule has 0 amide bonds. The van der Waals surface area contributed by atoms with Gasteiger partial charge < -0.3 is 5.11 Å². The summed E-state index contributed by atoms with van der Waals surface area (Å²) < 4.78 is 0. The smallest absolute Gasteiger partial charge is 0.188 e. The number of Topliss-reactive ketones (excluding diaryl/α,β-unsaturated/α-hetero) is 1. The van der Waals surface area contributed by atoms with Gasteiger partial charge >= 0.3 is 0 Å². The summed E-state index contributed by atoms with van der Waals surface area (Å²) in [4.78, 5) is 19.2. The van der Waals surface area contributed by atoms with E-state index in [4.69, 9.17) is 5.11 Å². The number of aliphatic hydroxyl groups excluding tert-OH is 1. The third-order valence-corrected chi connectivity index (χ3v) is 6.66. The van der Waals surface area contributed by atoms with Crippen molar-refractivity contribution in [2.24, 2.45) is 0 Å². The lowest BCUT2D eigenvalue weighted by atomic mass is 10.0. The zero-order valence-electron chi connectivity index (χ0n) is 20.1. The fourth-order valence-corrected chi connectivity index (χ4v) is 4.79. The summed E-state index contributed by atoms with van der Waals surface area (Å²) in [7, 11) is 0. The van der Waals surface area contributed by atoms with Gasteiger partial charge in [-0.25, -0.2) is 0 Å². The first-order valence-electron chi connectivity index (χ1n) is 11.9. The normalized spacial score (nSPS) is 20.1. The van der Waals surface area contributed by atoms with Crippen LogP contribution in [-0.2, 0) is 19.6 Å². The summed E-state index contributed by atoms with van der Waals surface area (Å²) in [5.74, 6) is -0.228. The van der Waals surface area contributed by atoms with E-state index in [0.29, 0.717) is 17.6 Å². The lowest BCUT2D eigenvalue weighted by Crippen LogP contribution is -2.55. The lowest BCUT2D eigenvalue weighted by molar-refractivity contribution is 0.0290. The highest BCUT2D eigenvalue weighted by Gasteiger charge is 2.29. The van der Waals surface area contributed by atoms with E-state index in [0.717, 1.165) is 45.8 Å². The van der Waals surface area contributed by atoms with Crippen LogP contribution in [0.25, 0.3) is 0 Å². The van der Waals surface area contributed by atoms with Gasteiger partial charge in [-0.05, 0) is 43.6 Å². The summed E-state index contributed by atoms with van der Waals surface area (Å²) in [6.07, 6.45) is 0. The van der Waals surface area contributed by atoms with Crippen LogP contribution in [-0.4, -0.2) is 70.5 Å². The molecule has 1 aliphatic rings. The molecule has 32 heavy (non-hydrogen) atoms. The second kappa shape index (κ2) is 11.7. The molecule has 1 fully saturated rings. The molecule has 0 spiro atoms. The Balaban J connectivity index is 1.58. The van der Waals surface area contributed by atoms with Crippen molar-refractivity contribution in [1.29, 1.82) is 0 Å². The Hall–Kier alpha value is -2.05. The minimum atomic E-state index is -0.436. The molecule has 2 atom stereocenters. The van der Waals surface area contributed by atoms with Gasteiger partial charge in [0.15, 0.2) is 5.78 Å². The van der Waals surface area contributed by atoms with E-state index in [9.17, 15) is 4.79 Å². The molecule has 1 aliphatic heterocycles. The Bertz CT molecular complexity index is 851. The molecule has 5 heteroatoms. The summed E-state index contributed by atoms with van der Waals surface area (Å²) in [6.45, 7) is 15.8. The molecular weight excluding hydrogens is 398 g/mol. The van der Waals surface area contributed by atoms with Crippen molar-refractivity contribution in [2.75, 3.05) is 32.8 Å². The van der Waals surface area contributed by atoms with E-state index in [1.54, 1.807) is 0 Å². The van der Waals surface area contributed by atoms with Crippen molar-refractivity contribution in [3.63, 3.8) is 0 Å². The molecule has 0 bridgehead atoms. The van der Waals surface area contributed by atoms with Crippen molar-refractivity contribution in [2.45, 2.75) is 59.4 Å². The third kappa shape index (κ3) is 6.48. The first-order chi connectivity index (χ1) is 15.4. The quantitative estimate of drug-likeness (QED) is 0.573. The highest BCUT2D eigenvalue weighted by Crippen LogP contribution is 2.21. The maximum atomic E-state index is 11.6. The fourth-order valence-electron chi connectivity index (χ4n) is 4.79. The molecule has 1 saturated heterocycles. The minimum absolute atomic E-state index is 0.228. The van der Waals surface area contributed by atoms with Crippen LogP contribution in [0.1, 0.15) is 54.7 Å². The minimum Gasteiger partial charge on any atom is -0.388 e. The number of ketones is 1. The first kappa shape index (κ1) is 24.6. The number of carbonyl (C=O) groups is 1. The van der Waals surface area contributed by atoms with E-state index in [-0.39, 0.29) is 5.78 Å². The molecule has 0 aromatic heterocycles. The number of hydrogen-bond donors (Lipinski definition) is 1. The largest absolute Gasteiger partial charge is 0.388 e. The van der Waals surface area contributed by atoms with Crippen molar-refractivity contribution >= 4 is 5.78 Å². The van der Waals surface area contributed by atoms with E-state index >= 15 is 0 Å². The molecule has 2 aromatic carbocycles. The maximum absolute atomic E-state index is 11.6. The van der Waals surface area contributed by atoms with Gasteiger partial charge in [0.05, 0.1) is 0 Å². The molecular formula is C27H39N3O2. The number of benzene rings is 2. The number of nitrogens with zero attached hydrogens (tertiary/aromatic N) is 3. The molecule has 0 radical (unpaired) electrons. The van der Waals surface area contributed by atoms with Gasteiger partial charge in [-0.2, -0.15) is 0 Å². The van der Waals surface area contributed by atoms with Gasteiger partial charge in [0.1, 0.15) is 6.61 Å². The Labute approximate surface area is 193 Å². The lowest BCUT2D eigenvalue weighted by Gasteiger charge is -2.44. The highest BCUT2D eigenvalue weighted by molar-refractivity contribution is 5.96. The van der Waals surface area contributed by atoms with Crippen molar-refractivity contribution < 1.29 is 9.90 Å². The second-order valence-corrected chi connectivity index (χ2v) is 9.12. The van der Waals surface area contributed by atoms with Crippen LogP contribution in [0.5, 0.6) is 0 Å². The van der Waals surface area contributed by atoms with Crippen LogP contribution in [0.15, 0.2) is 48.5 Å². The monoisotopic (exact) mass is 437 g/mol. The summed E-state index contributed by atoms with van der Waals surface area (Å²) in [6, 6.07) is 17.7. The van der Waals surface area contributed by atoms with Crippen LogP contribution in [0, 0.1) is 0 Å². The molecule has 1 heterocycles. The Kier molecular flexibility index (Phi) is 9.00. The Morgan fingerprint density at radius 3 is 2.16 bits per heavy atom. The average Bonchev–Trinajstić information content (AvgIpc) is 2.80. The average molecular weight is 438 g/mol. The number of aliphatic hydroxyl groups is 1. The molecule has 0 saturated carbocycles. The van der Waals surface area contributed by atoms with Gasteiger partial charge in [0.2, 0.25) is 0 Å². The Morgan fingerprint density at radius 1 is 0.938 bits per heavy atom. The highest BCUT2D eigenvalue weighted by atomic mass is 16.3. The van der Waals surface area contributed by atoms with Gasteiger partial charge in [-0.3, -0.25) is 19.5 Å². The van der Waals surface area contributed by atoms with Gasteiger partial charge in [0, 0.05) is 50.4 Å². The zero-order valence-corrected chi connectivity index (χ0v) is 20.1.